The van der Waals surface area contributed by atoms with Gasteiger partial charge < -0.3 is 4.74 Å². The summed E-state index contributed by atoms with van der Waals surface area (Å²) < 4.78 is 4.99. The molecule has 0 amide bonds. The lowest BCUT2D eigenvalue weighted by Crippen LogP contribution is -2.18. The lowest BCUT2D eigenvalue weighted by atomic mass is 10.1. The molecule has 0 aromatic heterocycles. The number of hydrogen-bond acceptors (Lipinski definition) is 4. The average molecular weight is 300 g/mol. The maximum absolute atomic E-state index is 11.8. The summed E-state index contributed by atoms with van der Waals surface area (Å²) >= 11 is 1.70. The van der Waals surface area contributed by atoms with Gasteiger partial charge in [0.05, 0.1) is 6.61 Å². The highest BCUT2D eigenvalue weighted by atomic mass is 32.2. The van der Waals surface area contributed by atoms with Crippen molar-refractivity contribution < 1.29 is 14.3 Å². The second kappa shape index (κ2) is 8.27. The van der Waals surface area contributed by atoms with Gasteiger partial charge in [0, 0.05) is 16.2 Å². The van der Waals surface area contributed by atoms with Crippen molar-refractivity contribution >= 4 is 23.5 Å². The molecule has 0 heterocycles. The van der Waals surface area contributed by atoms with Gasteiger partial charge in [0.2, 0.25) is 0 Å². The van der Waals surface area contributed by atoms with Gasteiger partial charge in [-0.2, -0.15) is 0 Å². The van der Waals surface area contributed by atoms with Crippen molar-refractivity contribution in [3.8, 4) is 0 Å². The summed E-state index contributed by atoms with van der Waals surface area (Å²) in [4.78, 5) is 24.5. The van der Waals surface area contributed by atoms with Crippen LogP contribution in [0.1, 0.15) is 16.8 Å². The molecule has 2 aromatic rings. The highest BCUT2D eigenvalue weighted by Gasteiger charge is 2.16. The van der Waals surface area contributed by atoms with Crippen LogP contribution in [0.5, 0.6) is 0 Å². The molecule has 0 unspecified atom stereocenters. The average Bonchev–Trinajstić information content (AvgIpc) is 2.55. The summed E-state index contributed by atoms with van der Waals surface area (Å²) in [6, 6.07) is 18.5. The lowest BCUT2D eigenvalue weighted by molar-refractivity contribution is -0.138. The fourth-order valence-corrected chi connectivity index (χ4v) is 2.55. The zero-order valence-electron chi connectivity index (χ0n) is 11.5. The quantitative estimate of drug-likeness (QED) is 0.258. The normalized spacial score (nSPS) is 10.1. The van der Waals surface area contributed by atoms with Crippen LogP contribution >= 0.6 is 11.8 Å². The van der Waals surface area contributed by atoms with Crippen LogP contribution in [0.4, 0.5) is 0 Å². The Kier molecular flexibility index (Phi) is 6.03. The van der Waals surface area contributed by atoms with E-state index >= 15 is 0 Å². The van der Waals surface area contributed by atoms with Crippen LogP contribution < -0.4 is 0 Å². The van der Waals surface area contributed by atoms with Crippen LogP contribution in [0.3, 0.4) is 0 Å². The molecule has 4 heteroatoms. The Morgan fingerprint density at radius 3 is 2.19 bits per heavy atom. The van der Waals surface area contributed by atoms with Gasteiger partial charge in [-0.3, -0.25) is 4.79 Å². The molecule has 0 aliphatic carbocycles. The van der Waals surface area contributed by atoms with E-state index in [0.29, 0.717) is 12.0 Å². The molecule has 0 radical (unpaired) electrons. The maximum Gasteiger partial charge on any atom is 0.379 e. The first-order valence-corrected chi connectivity index (χ1v) is 7.70. The fraction of sp³-hybridized carbons (Fsp3) is 0.176. The van der Waals surface area contributed by atoms with Crippen LogP contribution in [0.2, 0.25) is 0 Å². The second-order valence-corrected chi connectivity index (χ2v) is 5.51. The van der Waals surface area contributed by atoms with Crippen LogP contribution in [-0.2, 0) is 9.53 Å². The van der Waals surface area contributed by atoms with Crippen molar-refractivity contribution in [2.75, 3.05) is 12.4 Å². The van der Waals surface area contributed by atoms with Crippen molar-refractivity contribution in [3.05, 3.63) is 66.2 Å². The Labute approximate surface area is 128 Å². The molecule has 0 atom stereocenters. The third kappa shape index (κ3) is 5.08. The van der Waals surface area contributed by atoms with Gasteiger partial charge in [-0.25, -0.2) is 4.79 Å². The molecular weight excluding hydrogens is 284 g/mol. The predicted octanol–water partition coefficient (Wildman–Crippen LogP) is 3.59. The van der Waals surface area contributed by atoms with Crippen molar-refractivity contribution in [1.29, 1.82) is 0 Å². The lowest BCUT2D eigenvalue weighted by Gasteiger charge is -2.04. The first-order chi connectivity index (χ1) is 10.3. The molecule has 2 rings (SSSR count). The smallest absolute Gasteiger partial charge is 0.379 e. The van der Waals surface area contributed by atoms with E-state index in [1.165, 1.54) is 4.90 Å². The minimum Gasteiger partial charge on any atom is -0.460 e. The van der Waals surface area contributed by atoms with E-state index in [9.17, 15) is 9.59 Å². The van der Waals surface area contributed by atoms with Crippen molar-refractivity contribution in [1.82, 2.24) is 0 Å². The summed E-state index contributed by atoms with van der Waals surface area (Å²) in [5.74, 6) is -0.534. The number of esters is 1. The summed E-state index contributed by atoms with van der Waals surface area (Å²) in [6.45, 7) is 0.261. The summed E-state index contributed by atoms with van der Waals surface area (Å²) in [7, 11) is 0. The molecule has 0 aliphatic rings. The van der Waals surface area contributed by atoms with Crippen LogP contribution in [0.15, 0.2) is 65.6 Å². The highest BCUT2D eigenvalue weighted by Crippen LogP contribution is 2.17. The zero-order valence-corrected chi connectivity index (χ0v) is 12.3. The maximum atomic E-state index is 11.8. The number of hydrogen-bond donors (Lipinski definition) is 0. The first-order valence-electron chi connectivity index (χ1n) is 6.72. The number of Topliss-reactive ketones (excluding diaryl/α,β-unsaturated/α-hetero) is 1. The fourth-order valence-electron chi connectivity index (χ4n) is 1.70. The van der Waals surface area contributed by atoms with Crippen molar-refractivity contribution in [2.24, 2.45) is 0 Å². The molecule has 3 nitrogen and oxygen atoms in total. The van der Waals surface area contributed by atoms with Gasteiger partial charge in [0.15, 0.2) is 0 Å². The number of rotatable bonds is 7. The van der Waals surface area contributed by atoms with E-state index < -0.39 is 11.8 Å². The van der Waals surface area contributed by atoms with Gasteiger partial charge in [0.1, 0.15) is 0 Å². The topological polar surface area (TPSA) is 43.4 Å². The van der Waals surface area contributed by atoms with Gasteiger partial charge in [0.25, 0.3) is 5.78 Å². The number of thioether (sulfide) groups is 1. The Balaban J connectivity index is 1.67. The summed E-state index contributed by atoms with van der Waals surface area (Å²) in [5.41, 5.74) is 0.362. The molecule has 0 fully saturated rings. The minimum absolute atomic E-state index is 0.261. The standard InChI is InChI=1S/C17H16O3S/c18-16(14-8-3-1-4-9-14)17(19)20-12-7-13-21-15-10-5-2-6-11-15/h1-6,8-11H,7,12-13H2. The predicted molar refractivity (Wildman–Crippen MR) is 83.5 cm³/mol. The monoisotopic (exact) mass is 300 g/mol. The Bertz CT molecular complexity index is 581. The molecule has 0 spiro atoms. The third-order valence-electron chi connectivity index (χ3n) is 2.76. The Morgan fingerprint density at radius 1 is 0.905 bits per heavy atom. The highest BCUT2D eigenvalue weighted by molar-refractivity contribution is 7.99. The number of ether oxygens (including phenoxy) is 1. The third-order valence-corrected chi connectivity index (χ3v) is 3.85. The molecule has 0 aliphatic heterocycles. The van der Waals surface area contributed by atoms with Crippen molar-refractivity contribution in [2.45, 2.75) is 11.3 Å². The van der Waals surface area contributed by atoms with E-state index in [1.807, 2.05) is 30.3 Å². The minimum atomic E-state index is -0.786. The van der Waals surface area contributed by atoms with Crippen LogP contribution in [0, 0.1) is 0 Å². The largest absolute Gasteiger partial charge is 0.460 e. The van der Waals surface area contributed by atoms with E-state index in [1.54, 1.807) is 42.1 Å². The first kappa shape index (κ1) is 15.3. The molecule has 0 bridgehead atoms. The molecule has 0 saturated carbocycles. The molecule has 21 heavy (non-hydrogen) atoms. The van der Waals surface area contributed by atoms with Gasteiger partial charge >= 0.3 is 5.97 Å². The number of carbonyl (C=O) groups is 2. The SMILES string of the molecule is O=C(OCCCSc1ccccc1)C(=O)c1ccccc1. The summed E-state index contributed by atoms with van der Waals surface area (Å²) in [6.07, 6.45) is 0.716. The van der Waals surface area contributed by atoms with Gasteiger partial charge in [-0.1, -0.05) is 48.5 Å². The van der Waals surface area contributed by atoms with E-state index in [2.05, 4.69) is 0 Å². The van der Waals surface area contributed by atoms with Gasteiger partial charge in [-0.15, -0.1) is 11.8 Å². The van der Waals surface area contributed by atoms with Crippen molar-refractivity contribution in [3.63, 3.8) is 0 Å². The molecule has 2 aromatic carbocycles. The van der Waals surface area contributed by atoms with E-state index in [0.717, 1.165) is 5.75 Å². The Hall–Kier alpha value is -2.07. The van der Waals surface area contributed by atoms with Gasteiger partial charge in [-0.05, 0) is 18.6 Å². The van der Waals surface area contributed by atoms with E-state index in [-0.39, 0.29) is 6.61 Å². The summed E-state index contributed by atoms with van der Waals surface area (Å²) in [5, 5.41) is 0. The second-order valence-electron chi connectivity index (χ2n) is 4.35. The zero-order chi connectivity index (χ0) is 14.9. The Morgan fingerprint density at radius 2 is 1.52 bits per heavy atom. The molecular formula is C17H16O3S. The van der Waals surface area contributed by atoms with Crippen LogP contribution in [-0.4, -0.2) is 24.1 Å². The molecule has 0 N–H and O–H groups in total. The number of benzene rings is 2. The molecule has 0 saturated heterocycles. The number of carbonyl (C=O) groups excluding carboxylic acids is 2. The van der Waals surface area contributed by atoms with Crippen LogP contribution in [0.25, 0.3) is 0 Å². The van der Waals surface area contributed by atoms with E-state index in [4.69, 9.17) is 4.74 Å². The number of ketones is 1. The molecule has 108 valence electrons.